The van der Waals surface area contributed by atoms with Crippen LogP contribution in [0.5, 0.6) is 11.5 Å². The minimum atomic E-state index is 0.589. The summed E-state index contributed by atoms with van der Waals surface area (Å²) in [7, 11) is 3.11. The molecule has 5 heteroatoms. The Kier molecular flexibility index (Phi) is 3.76. The van der Waals surface area contributed by atoms with E-state index in [1.807, 2.05) is 0 Å². The van der Waals surface area contributed by atoms with Crippen molar-refractivity contribution in [2.45, 2.75) is 0 Å². The molecular formula is C9H10BrNO3. The minimum absolute atomic E-state index is 0.589. The molecule has 0 fully saturated rings. The van der Waals surface area contributed by atoms with Crippen molar-refractivity contribution in [3.63, 3.8) is 0 Å². The molecule has 0 saturated carbocycles. The fourth-order valence-corrected chi connectivity index (χ4v) is 1.46. The second kappa shape index (κ2) is 4.85. The van der Waals surface area contributed by atoms with Crippen molar-refractivity contribution in [2.24, 2.45) is 5.16 Å². The molecule has 1 rings (SSSR count). The average molecular weight is 260 g/mol. The topological polar surface area (TPSA) is 51.0 Å². The van der Waals surface area contributed by atoms with E-state index in [0.29, 0.717) is 17.1 Å². The van der Waals surface area contributed by atoms with E-state index in [0.717, 1.165) is 4.47 Å². The summed E-state index contributed by atoms with van der Waals surface area (Å²) in [5.41, 5.74) is 0.713. The lowest BCUT2D eigenvalue weighted by molar-refractivity contribution is 0.321. The summed E-state index contributed by atoms with van der Waals surface area (Å²) in [6, 6.07) is 3.46. The van der Waals surface area contributed by atoms with Crippen LogP contribution in [0.15, 0.2) is 21.8 Å². The number of nitrogens with zero attached hydrogens (tertiary/aromatic N) is 1. The number of benzene rings is 1. The molecule has 0 aliphatic carbocycles. The summed E-state index contributed by atoms with van der Waals surface area (Å²) in [5, 5.41) is 11.4. The molecule has 1 N–H and O–H groups in total. The van der Waals surface area contributed by atoms with Gasteiger partial charge >= 0.3 is 0 Å². The third-order valence-corrected chi connectivity index (χ3v) is 2.39. The maximum atomic E-state index is 8.41. The van der Waals surface area contributed by atoms with Gasteiger partial charge in [0.1, 0.15) is 0 Å². The molecule has 0 aliphatic rings. The summed E-state index contributed by atoms with van der Waals surface area (Å²) >= 11 is 3.31. The van der Waals surface area contributed by atoms with Crippen molar-refractivity contribution in [1.82, 2.24) is 0 Å². The lowest BCUT2D eigenvalue weighted by atomic mass is 10.2. The Bertz CT molecular complexity index is 352. The highest BCUT2D eigenvalue weighted by atomic mass is 79.9. The van der Waals surface area contributed by atoms with Crippen LogP contribution in [0.2, 0.25) is 0 Å². The zero-order valence-electron chi connectivity index (χ0n) is 7.82. The Morgan fingerprint density at radius 3 is 2.36 bits per heavy atom. The van der Waals surface area contributed by atoms with Crippen molar-refractivity contribution in [3.05, 3.63) is 22.2 Å². The molecule has 76 valence electrons. The van der Waals surface area contributed by atoms with Crippen LogP contribution in [-0.4, -0.2) is 25.6 Å². The summed E-state index contributed by atoms with van der Waals surface area (Å²) in [4.78, 5) is 0. The predicted octanol–water partition coefficient (Wildman–Crippen LogP) is 2.27. The Labute approximate surface area is 90.3 Å². The molecule has 0 heterocycles. The number of ether oxygens (including phenoxy) is 2. The number of rotatable bonds is 3. The Morgan fingerprint density at radius 2 is 1.86 bits per heavy atom. The largest absolute Gasteiger partial charge is 0.493 e. The summed E-state index contributed by atoms with van der Waals surface area (Å²) in [6.45, 7) is 0. The van der Waals surface area contributed by atoms with Crippen LogP contribution in [0.4, 0.5) is 0 Å². The highest BCUT2D eigenvalue weighted by Crippen LogP contribution is 2.32. The standard InChI is InChI=1S/C9H10BrNO3/c1-13-8-3-6(5-11-12)7(10)4-9(8)14-2/h3-5,12H,1-2H3/b11-5+. The molecule has 0 bridgehead atoms. The minimum Gasteiger partial charge on any atom is -0.493 e. The predicted molar refractivity (Wildman–Crippen MR) is 56.6 cm³/mol. The summed E-state index contributed by atoms with van der Waals surface area (Å²) < 4.78 is 10.9. The van der Waals surface area contributed by atoms with Gasteiger partial charge in [-0.1, -0.05) is 5.16 Å². The number of methoxy groups -OCH3 is 2. The van der Waals surface area contributed by atoms with Gasteiger partial charge in [-0.2, -0.15) is 0 Å². The molecule has 0 aliphatic heterocycles. The van der Waals surface area contributed by atoms with Gasteiger partial charge in [-0.25, -0.2) is 0 Å². The van der Waals surface area contributed by atoms with Crippen molar-refractivity contribution in [2.75, 3.05) is 14.2 Å². The monoisotopic (exact) mass is 259 g/mol. The first kappa shape index (κ1) is 10.8. The Hall–Kier alpha value is -1.23. The molecular weight excluding hydrogens is 250 g/mol. The van der Waals surface area contributed by atoms with Gasteiger partial charge in [0.25, 0.3) is 0 Å². The van der Waals surface area contributed by atoms with Crippen LogP contribution >= 0.6 is 15.9 Å². The van der Waals surface area contributed by atoms with Gasteiger partial charge in [0, 0.05) is 10.0 Å². The van der Waals surface area contributed by atoms with E-state index in [4.69, 9.17) is 14.7 Å². The first-order chi connectivity index (χ1) is 6.72. The molecule has 0 radical (unpaired) electrons. The van der Waals surface area contributed by atoms with Crippen molar-refractivity contribution >= 4 is 22.1 Å². The second-order valence-electron chi connectivity index (χ2n) is 2.47. The SMILES string of the molecule is COc1cc(Br)c(/C=N/O)cc1OC. The highest BCUT2D eigenvalue weighted by molar-refractivity contribution is 9.10. The van der Waals surface area contributed by atoms with Crippen molar-refractivity contribution < 1.29 is 14.7 Å². The zero-order chi connectivity index (χ0) is 10.6. The van der Waals surface area contributed by atoms with E-state index >= 15 is 0 Å². The summed E-state index contributed by atoms with van der Waals surface area (Å²) in [5.74, 6) is 1.21. The van der Waals surface area contributed by atoms with Crippen LogP contribution in [-0.2, 0) is 0 Å². The smallest absolute Gasteiger partial charge is 0.161 e. The molecule has 0 amide bonds. The molecule has 0 atom stereocenters. The average Bonchev–Trinajstić information content (AvgIpc) is 2.20. The fourth-order valence-electron chi connectivity index (χ4n) is 1.03. The van der Waals surface area contributed by atoms with E-state index < -0.39 is 0 Å². The van der Waals surface area contributed by atoms with Gasteiger partial charge in [0.15, 0.2) is 11.5 Å². The van der Waals surface area contributed by atoms with Gasteiger partial charge in [0.05, 0.1) is 20.4 Å². The molecule has 0 spiro atoms. The van der Waals surface area contributed by atoms with Gasteiger partial charge < -0.3 is 14.7 Å². The maximum absolute atomic E-state index is 8.41. The molecule has 14 heavy (non-hydrogen) atoms. The number of halogens is 1. The van der Waals surface area contributed by atoms with Crippen molar-refractivity contribution in [1.29, 1.82) is 0 Å². The third kappa shape index (κ3) is 2.17. The quantitative estimate of drug-likeness (QED) is 0.515. The van der Waals surface area contributed by atoms with Crippen LogP contribution in [0, 0.1) is 0 Å². The fraction of sp³-hybridized carbons (Fsp3) is 0.222. The van der Waals surface area contributed by atoms with E-state index in [1.54, 1.807) is 26.4 Å². The van der Waals surface area contributed by atoms with Crippen LogP contribution in [0.1, 0.15) is 5.56 Å². The van der Waals surface area contributed by atoms with Gasteiger partial charge in [-0.3, -0.25) is 0 Å². The lowest BCUT2D eigenvalue weighted by Gasteiger charge is -2.09. The van der Waals surface area contributed by atoms with Gasteiger partial charge in [0.2, 0.25) is 0 Å². The molecule has 1 aromatic carbocycles. The summed E-state index contributed by atoms with van der Waals surface area (Å²) in [6.07, 6.45) is 1.31. The van der Waals surface area contributed by atoms with Gasteiger partial charge in [-0.05, 0) is 28.1 Å². The lowest BCUT2D eigenvalue weighted by Crippen LogP contribution is -1.93. The van der Waals surface area contributed by atoms with E-state index in [1.165, 1.54) is 6.21 Å². The Balaban J connectivity index is 3.23. The van der Waals surface area contributed by atoms with E-state index in [-0.39, 0.29) is 0 Å². The van der Waals surface area contributed by atoms with Crippen molar-refractivity contribution in [3.8, 4) is 11.5 Å². The molecule has 0 saturated heterocycles. The molecule has 1 aromatic rings. The third-order valence-electron chi connectivity index (χ3n) is 1.70. The maximum Gasteiger partial charge on any atom is 0.161 e. The number of hydrogen-bond donors (Lipinski definition) is 1. The van der Waals surface area contributed by atoms with Crippen LogP contribution < -0.4 is 9.47 Å². The van der Waals surface area contributed by atoms with Gasteiger partial charge in [-0.15, -0.1) is 0 Å². The first-order valence-corrected chi connectivity index (χ1v) is 4.61. The highest BCUT2D eigenvalue weighted by Gasteiger charge is 2.07. The van der Waals surface area contributed by atoms with E-state index in [9.17, 15) is 0 Å². The normalized spacial score (nSPS) is 10.5. The Morgan fingerprint density at radius 1 is 1.29 bits per heavy atom. The molecule has 4 nitrogen and oxygen atoms in total. The van der Waals surface area contributed by atoms with E-state index in [2.05, 4.69) is 21.1 Å². The van der Waals surface area contributed by atoms with Crippen LogP contribution in [0.3, 0.4) is 0 Å². The number of hydrogen-bond acceptors (Lipinski definition) is 4. The molecule has 0 aromatic heterocycles. The first-order valence-electron chi connectivity index (χ1n) is 3.82. The van der Waals surface area contributed by atoms with Crippen LogP contribution in [0.25, 0.3) is 0 Å². The second-order valence-corrected chi connectivity index (χ2v) is 3.33. The zero-order valence-corrected chi connectivity index (χ0v) is 9.41. The molecule has 0 unspecified atom stereocenters. The number of oxime groups is 1.